The lowest BCUT2D eigenvalue weighted by Crippen LogP contribution is -2.47. The van der Waals surface area contributed by atoms with Gasteiger partial charge >= 0.3 is 5.97 Å². The molecule has 0 fully saturated rings. The second-order valence-electron chi connectivity index (χ2n) is 4.29. The van der Waals surface area contributed by atoms with Crippen LogP contribution < -0.4 is 0 Å². The monoisotopic (exact) mass is 189 g/mol. The third-order valence-electron chi connectivity index (χ3n) is 1.76. The number of nitrogens with zero attached hydrogens (tertiary/aromatic N) is 1. The molecule has 0 spiro atoms. The molecule has 0 rings (SSSR count). The molecular weight excluding hydrogens is 170 g/mol. The zero-order valence-corrected chi connectivity index (χ0v) is 8.74. The van der Waals surface area contributed by atoms with Crippen LogP contribution in [0.2, 0.25) is 0 Å². The quantitative estimate of drug-likeness (QED) is 0.678. The highest BCUT2D eigenvalue weighted by Gasteiger charge is 2.24. The summed E-state index contributed by atoms with van der Waals surface area (Å²) in [5.74, 6) is -0.865. The molecule has 2 N–H and O–H groups in total. The van der Waals surface area contributed by atoms with Crippen molar-refractivity contribution in [2.24, 2.45) is 0 Å². The van der Waals surface area contributed by atoms with Gasteiger partial charge in [-0.25, -0.2) is 0 Å². The number of aliphatic hydroxyl groups is 1. The predicted molar refractivity (Wildman–Crippen MR) is 50.6 cm³/mol. The fraction of sp³-hybridized carbons (Fsp3) is 0.889. The molecule has 0 aromatic heterocycles. The van der Waals surface area contributed by atoms with E-state index in [1.807, 2.05) is 20.8 Å². The summed E-state index contributed by atoms with van der Waals surface area (Å²) in [5.41, 5.74) is -0.227. The Morgan fingerprint density at radius 3 is 2.15 bits per heavy atom. The summed E-state index contributed by atoms with van der Waals surface area (Å²) >= 11 is 0. The van der Waals surface area contributed by atoms with E-state index < -0.39 is 12.1 Å². The molecule has 0 radical (unpaired) electrons. The van der Waals surface area contributed by atoms with Gasteiger partial charge in [0.05, 0.1) is 12.6 Å². The second kappa shape index (κ2) is 4.58. The maximum Gasteiger partial charge on any atom is 0.317 e. The third kappa shape index (κ3) is 5.60. The molecule has 0 aliphatic heterocycles. The van der Waals surface area contributed by atoms with Gasteiger partial charge in [0.2, 0.25) is 0 Å². The largest absolute Gasteiger partial charge is 0.480 e. The number of aliphatic hydroxyl groups excluding tert-OH is 1. The molecule has 0 heterocycles. The number of rotatable bonds is 4. The fourth-order valence-corrected chi connectivity index (χ4v) is 1.06. The summed E-state index contributed by atoms with van der Waals surface area (Å²) in [7, 11) is 0. The lowest BCUT2D eigenvalue weighted by molar-refractivity contribution is -0.140. The van der Waals surface area contributed by atoms with Crippen LogP contribution in [0.5, 0.6) is 0 Å². The van der Waals surface area contributed by atoms with Crippen molar-refractivity contribution in [3.05, 3.63) is 0 Å². The molecule has 4 nitrogen and oxygen atoms in total. The maximum absolute atomic E-state index is 10.5. The molecule has 0 amide bonds. The Labute approximate surface area is 79.2 Å². The molecule has 78 valence electrons. The molecule has 0 aromatic rings. The highest BCUT2D eigenvalue weighted by Crippen LogP contribution is 2.12. The van der Waals surface area contributed by atoms with Crippen LogP contribution in [0.15, 0.2) is 0 Å². The number of hydrogen-bond donors (Lipinski definition) is 2. The summed E-state index contributed by atoms with van der Waals surface area (Å²) < 4.78 is 0. The van der Waals surface area contributed by atoms with E-state index in [9.17, 15) is 4.79 Å². The van der Waals surface area contributed by atoms with Crippen molar-refractivity contribution in [1.82, 2.24) is 4.90 Å². The fourth-order valence-electron chi connectivity index (χ4n) is 1.06. The van der Waals surface area contributed by atoms with E-state index in [-0.39, 0.29) is 12.1 Å². The van der Waals surface area contributed by atoms with Gasteiger partial charge in [0, 0.05) is 12.1 Å². The van der Waals surface area contributed by atoms with Crippen LogP contribution in [0.1, 0.15) is 27.7 Å². The minimum Gasteiger partial charge on any atom is -0.480 e. The minimum absolute atomic E-state index is 0.0333. The Bertz CT molecular complexity index is 172. The Morgan fingerprint density at radius 2 is 1.92 bits per heavy atom. The van der Waals surface area contributed by atoms with Gasteiger partial charge in [0.25, 0.3) is 0 Å². The van der Waals surface area contributed by atoms with E-state index in [0.29, 0.717) is 6.54 Å². The lowest BCUT2D eigenvalue weighted by Gasteiger charge is -2.35. The third-order valence-corrected chi connectivity index (χ3v) is 1.76. The number of carboxylic acids is 1. The van der Waals surface area contributed by atoms with Gasteiger partial charge in [-0.3, -0.25) is 9.69 Å². The van der Waals surface area contributed by atoms with E-state index in [0.717, 1.165) is 0 Å². The highest BCUT2D eigenvalue weighted by atomic mass is 16.4. The van der Waals surface area contributed by atoms with Gasteiger partial charge in [0.15, 0.2) is 0 Å². The van der Waals surface area contributed by atoms with Crippen LogP contribution >= 0.6 is 0 Å². The first-order chi connectivity index (χ1) is 5.73. The van der Waals surface area contributed by atoms with Crippen LogP contribution in [0.25, 0.3) is 0 Å². The van der Waals surface area contributed by atoms with Crippen molar-refractivity contribution >= 4 is 5.97 Å². The minimum atomic E-state index is -0.865. The predicted octanol–water partition coefficient (Wildman–Crippen LogP) is 0.552. The number of β-amino-alcohol motifs (C(OH)–C–C–N with tert-alkyl or cyclic N) is 1. The van der Waals surface area contributed by atoms with Gasteiger partial charge in [-0.2, -0.15) is 0 Å². The van der Waals surface area contributed by atoms with Crippen molar-refractivity contribution in [2.75, 3.05) is 13.1 Å². The number of aliphatic carboxylic acids is 1. The first-order valence-corrected chi connectivity index (χ1v) is 4.38. The second-order valence-corrected chi connectivity index (χ2v) is 4.29. The first-order valence-electron chi connectivity index (χ1n) is 4.38. The summed E-state index contributed by atoms with van der Waals surface area (Å²) in [6.07, 6.45) is -0.501. The van der Waals surface area contributed by atoms with Crippen molar-refractivity contribution in [3.8, 4) is 0 Å². The molecule has 0 saturated heterocycles. The van der Waals surface area contributed by atoms with E-state index in [1.54, 1.807) is 11.8 Å². The smallest absolute Gasteiger partial charge is 0.317 e. The van der Waals surface area contributed by atoms with Crippen molar-refractivity contribution in [3.63, 3.8) is 0 Å². The highest BCUT2D eigenvalue weighted by molar-refractivity contribution is 5.69. The summed E-state index contributed by atoms with van der Waals surface area (Å²) in [4.78, 5) is 12.3. The topological polar surface area (TPSA) is 60.8 Å². The molecule has 13 heavy (non-hydrogen) atoms. The SMILES string of the molecule is CC(O)CN(CC(=O)O)C(C)(C)C. The van der Waals surface area contributed by atoms with E-state index in [2.05, 4.69) is 0 Å². The van der Waals surface area contributed by atoms with Gasteiger partial charge in [-0.05, 0) is 27.7 Å². The first kappa shape index (κ1) is 12.4. The summed E-state index contributed by atoms with van der Waals surface area (Å²) in [5, 5.41) is 17.8. The van der Waals surface area contributed by atoms with E-state index in [1.165, 1.54) is 0 Å². The molecular formula is C9H19NO3. The van der Waals surface area contributed by atoms with Crippen molar-refractivity contribution in [1.29, 1.82) is 0 Å². The van der Waals surface area contributed by atoms with Crippen LogP contribution in [0.4, 0.5) is 0 Å². The van der Waals surface area contributed by atoms with Crippen molar-refractivity contribution in [2.45, 2.75) is 39.3 Å². The molecule has 0 saturated carbocycles. The normalized spacial score (nSPS) is 14.6. The molecule has 0 aliphatic rings. The molecule has 4 heteroatoms. The standard InChI is InChI=1S/C9H19NO3/c1-7(11)5-10(6-8(12)13)9(2,3)4/h7,11H,5-6H2,1-4H3,(H,12,13). The number of carbonyl (C=O) groups is 1. The van der Waals surface area contributed by atoms with Gasteiger partial charge < -0.3 is 10.2 Å². The van der Waals surface area contributed by atoms with Crippen LogP contribution in [0, 0.1) is 0 Å². The van der Waals surface area contributed by atoms with Gasteiger partial charge in [-0.15, -0.1) is 0 Å². The zero-order valence-electron chi connectivity index (χ0n) is 8.74. The van der Waals surface area contributed by atoms with E-state index >= 15 is 0 Å². The molecule has 0 aliphatic carbocycles. The Morgan fingerprint density at radius 1 is 1.46 bits per heavy atom. The maximum atomic E-state index is 10.5. The summed E-state index contributed by atoms with van der Waals surface area (Å²) in [6, 6.07) is 0. The molecule has 0 bridgehead atoms. The van der Waals surface area contributed by atoms with Gasteiger partial charge in [-0.1, -0.05) is 0 Å². The zero-order chi connectivity index (χ0) is 10.6. The Hall–Kier alpha value is -0.610. The summed E-state index contributed by atoms with van der Waals surface area (Å²) in [6.45, 7) is 7.79. The molecule has 1 atom stereocenters. The number of hydrogen-bond acceptors (Lipinski definition) is 3. The van der Waals surface area contributed by atoms with Crippen molar-refractivity contribution < 1.29 is 15.0 Å². The average Bonchev–Trinajstić information content (AvgIpc) is 1.81. The number of carboxylic acid groups (broad SMARTS) is 1. The van der Waals surface area contributed by atoms with Crippen LogP contribution in [-0.4, -0.2) is 45.8 Å². The Kier molecular flexibility index (Phi) is 4.36. The van der Waals surface area contributed by atoms with Gasteiger partial charge in [0.1, 0.15) is 0 Å². The lowest BCUT2D eigenvalue weighted by atomic mass is 10.1. The average molecular weight is 189 g/mol. The Balaban J connectivity index is 4.28. The van der Waals surface area contributed by atoms with Crippen LogP contribution in [-0.2, 0) is 4.79 Å². The van der Waals surface area contributed by atoms with Crippen LogP contribution in [0.3, 0.4) is 0 Å². The molecule has 0 aromatic carbocycles. The molecule has 1 unspecified atom stereocenters. The van der Waals surface area contributed by atoms with E-state index in [4.69, 9.17) is 10.2 Å².